The predicted molar refractivity (Wildman–Crippen MR) is 143 cm³/mol. The van der Waals surface area contributed by atoms with Crippen LogP contribution in [0, 0.1) is 11.7 Å². The lowest BCUT2D eigenvalue weighted by Crippen LogP contribution is -2.44. The van der Waals surface area contributed by atoms with Crippen LogP contribution in [0.2, 0.25) is 0 Å². The molecule has 3 radical (unpaired) electrons. The van der Waals surface area contributed by atoms with Crippen LogP contribution in [0.4, 0.5) is 15.9 Å². The molecule has 2 aromatic carbocycles. The molecule has 1 atom stereocenters. The molecule has 0 aliphatic carbocycles. The summed E-state index contributed by atoms with van der Waals surface area (Å²) >= 11 is 1.26. The van der Waals surface area contributed by atoms with E-state index in [9.17, 15) is 0 Å². The van der Waals surface area contributed by atoms with E-state index in [-0.39, 0.29) is 11.7 Å². The predicted octanol–water partition coefficient (Wildman–Crippen LogP) is 5.21. The monoisotopic (exact) mass is 531 g/mol. The van der Waals surface area contributed by atoms with Crippen LogP contribution in [0.5, 0.6) is 5.75 Å². The first-order valence-corrected chi connectivity index (χ1v) is 13.4. The molecule has 0 amide bonds. The number of aromatic nitrogens is 5. The van der Waals surface area contributed by atoms with Crippen molar-refractivity contribution in [3.05, 3.63) is 54.3 Å². The molecule has 187 valence electrons. The van der Waals surface area contributed by atoms with Gasteiger partial charge in [0.05, 0.1) is 54.0 Å². The van der Waals surface area contributed by atoms with Gasteiger partial charge in [-0.3, -0.25) is 4.68 Å². The van der Waals surface area contributed by atoms with Crippen molar-refractivity contribution >= 4 is 54.2 Å². The van der Waals surface area contributed by atoms with E-state index in [1.807, 2.05) is 32.3 Å². The number of ether oxygens (including phenoxy) is 2. The van der Waals surface area contributed by atoms with Crippen molar-refractivity contribution in [2.75, 3.05) is 18.5 Å². The van der Waals surface area contributed by atoms with Crippen LogP contribution in [0.3, 0.4) is 0 Å². The number of thiazole rings is 1. The molecule has 8 nitrogen and oxygen atoms in total. The normalized spacial score (nSPS) is 16.2. The molecular formula is C26H24FN6O2SSi. The smallest absolute Gasteiger partial charge is 0.166 e. The molecule has 3 aromatic heterocycles. The van der Waals surface area contributed by atoms with Gasteiger partial charge in [-0.25, -0.2) is 19.3 Å². The number of benzene rings is 2. The van der Waals surface area contributed by atoms with Crippen LogP contribution in [-0.4, -0.2) is 53.4 Å². The van der Waals surface area contributed by atoms with Gasteiger partial charge in [-0.1, -0.05) is 0 Å². The summed E-state index contributed by atoms with van der Waals surface area (Å²) in [6.07, 6.45) is 6.96. The Balaban J connectivity index is 1.48. The summed E-state index contributed by atoms with van der Waals surface area (Å²) in [4.78, 5) is 13.2. The molecule has 37 heavy (non-hydrogen) atoms. The number of rotatable bonds is 6. The summed E-state index contributed by atoms with van der Waals surface area (Å²) in [5, 5.41) is 7.50. The fourth-order valence-electron chi connectivity index (χ4n) is 4.75. The molecule has 0 unspecified atom stereocenters. The van der Waals surface area contributed by atoms with Gasteiger partial charge in [0.15, 0.2) is 5.82 Å². The van der Waals surface area contributed by atoms with Gasteiger partial charge in [0, 0.05) is 32.0 Å². The van der Waals surface area contributed by atoms with Crippen molar-refractivity contribution in [1.82, 2.24) is 24.7 Å². The lowest BCUT2D eigenvalue weighted by molar-refractivity contribution is 0.00681. The fraction of sp³-hybridized carbons (Fsp3) is 0.308. The van der Waals surface area contributed by atoms with E-state index in [0.29, 0.717) is 51.6 Å². The summed E-state index contributed by atoms with van der Waals surface area (Å²) in [5.41, 5.74) is 5.08. The molecule has 0 bridgehead atoms. The Labute approximate surface area is 220 Å². The van der Waals surface area contributed by atoms with Gasteiger partial charge < -0.3 is 14.8 Å². The largest absolute Gasteiger partial charge is 0.491 e. The zero-order valence-electron chi connectivity index (χ0n) is 20.4. The average Bonchev–Trinajstić information content (AvgIpc) is 3.55. The molecule has 1 saturated heterocycles. The number of halogens is 1. The number of fused-ring (bicyclic) bond motifs is 2. The number of hydrogen-bond acceptors (Lipinski definition) is 8. The first kappa shape index (κ1) is 24.0. The second-order valence-corrected chi connectivity index (χ2v) is 11.2. The van der Waals surface area contributed by atoms with Gasteiger partial charge in [-0.05, 0) is 55.5 Å². The highest BCUT2D eigenvalue weighted by Gasteiger charge is 2.34. The standard InChI is InChI=1S/C26H24FN6O2SSi/c1-26(37,17-5-7-34-8-6-17)35-21-10-15(16-11-31-33(2)12-16)9-20-22(21)25(29-13-28-20)32-18-3-4-19-24(23(18)27)36-14-30-19/h3-4,9-14,17H,5-8H2,1-2H3,(H,28,29,32)/t26-/m0/s1. The molecule has 1 fully saturated rings. The molecule has 6 rings (SSSR count). The van der Waals surface area contributed by atoms with E-state index < -0.39 is 5.22 Å². The molecule has 1 N–H and O–H groups in total. The van der Waals surface area contributed by atoms with Gasteiger partial charge in [0.2, 0.25) is 0 Å². The second-order valence-electron chi connectivity index (χ2n) is 9.34. The summed E-state index contributed by atoms with van der Waals surface area (Å²) < 4.78 is 29.8. The minimum atomic E-state index is -0.663. The minimum Gasteiger partial charge on any atom is -0.491 e. The molecule has 4 heterocycles. The van der Waals surface area contributed by atoms with Crippen LogP contribution in [-0.2, 0) is 11.8 Å². The highest BCUT2D eigenvalue weighted by atomic mass is 32.1. The Bertz CT molecular complexity index is 1600. The Hall–Kier alpha value is -3.41. The number of nitrogens with one attached hydrogen (secondary N) is 1. The van der Waals surface area contributed by atoms with Crippen LogP contribution >= 0.6 is 11.3 Å². The number of hydrogen-bond donors (Lipinski definition) is 1. The highest BCUT2D eigenvalue weighted by molar-refractivity contribution is 7.16. The first-order valence-electron chi connectivity index (χ1n) is 12.0. The van der Waals surface area contributed by atoms with E-state index in [4.69, 9.17) is 9.47 Å². The van der Waals surface area contributed by atoms with Gasteiger partial charge in [0.25, 0.3) is 0 Å². The Morgan fingerprint density at radius 1 is 1.16 bits per heavy atom. The third-order valence-electron chi connectivity index (χ3n) is 6.75. The van der Waals surface area contributed by atoms with Crippen LogP contribution in [0.1, 0.15) is 19.8 Å². The van der Waals surface area contributed by atoms with Gasteiger partial charge in [0.1, 0.15) is 17.9 Å². The van der Waals surface area contributed by atoms with Crippen molar-refractivity contribution in [2.45, 2.75) is 25.0 Å². The fourth-order valence-corrected chi connectivity index (χ4v) is 5.87. The summed E-state index contributed by atoms with van der Waals surface area (Å²) in [7, 11) is 5.80. The van der Waals surface area contributed by atoms with Crippen molar-refractivity contribution in [3.63, 3.8) is 0 Å². The van der Waals surface area contributed by atoms with Crippen molar-refractivity contribution < 1.29 is 13.9 Å². The highest BCUT2D eigenvalue weighted by Crippen LogP contribution is 2.40. The summed E-state index contributed by atoms with van der Waals surface area (Å²) in [5.74, 6) is 0.910. The Kier molecular flexibility index (Phi) is 6.13. The number of nitrogens with zero attached hydrogens (tertiary/aromatic N) is 5. The first-order chi connectivity index (χ1) is 17.9. The number of anilines is 2. The molecule has 11 heteroatoms. The minimum absolute atomic E-state index is 0.238. The zero-order chi connectivity index (χ0) is 25.6. The maximum Gasteiger partial charge on any atom is 0.166 e. The van der Waals surface area contributed by atoms with Crippen LogP contribution < -0.4 is 10.1 Å². The topological polar surface area (TPSA) is 87.0 Å². The lowest BCUT2D eigenvalue weighted by atomic mass is 9.94. The number of aryl methyl sites for hydroxylation is 1. The molecule has 5 aromatic rings. The van der Waals surface area contributed by atoms with Crippen LogP contribution in [0.25, 0.3) is 32.2 Å². The molecule has 0 spiro atoms. The molecule has 1 aliphatic heterocycles. The average molecular weight is 532 g/mol. The molecule has 1 aliphatic rings. The molecule has 0 saturated carbocycles. The Morgan fingerprint density at radius 3 is 2.78 bits per heavy atom. The lowest BCUT2D eigenvalue weighted by Gasteiger charge is -2.37. The second kappa shape index (κ2) is 9.47. The van der Waals surface area contributed by atoms with E-state index in [1.165, 1.54) is 17.7 Å². The maximum absolute atomic E-state index is 15.3. The van der Waals surface area contributed by atoms with Gasteiger partial charge in [-0.15, -0.1) is 11.3 Å². The summed E-state index contributed by atoms with van der Waals surface area (Å²) in [6.45, 7) is 3.41. The Morgan fingerprint density at radius 2 is 2.00 bits per heavy atom. The molecular weight excluding hydrogens is 507 g/mol. The van der Waals surface area contributed by atoms with Gasteiger partial charge in [-0.2, -0.15) is 5.10 Å². The quantitative estimate of drug-likeness (QED) is 0.301. The van der Waals surface area contributed by atoms with E-state index in [0.717, 1.165) is 24.0 Å². The van der Waals surface area contributed by atoms with Gasteiger partial charge >= 0.3 is 0 Å². The third kappa shape index (κ3) is 4.58. The maximum atomic E-state index is 15.3. The van der Waals surface area contributed by atoms with Crippen molar-refractivity contribution in [3.8, 4) is 16.9 Å². The van der Waals surface area contributed by atoms with Crippen molar-refractivity contribution in [1.29, 1.82) is 0 Å². The zero-order valence-corrected chi connectivity index (χ0v) is 22.2. The third-order valence-corrected chi connectivity index (χ3v) is 8.10. The summed E-state index contributed by atoms with van der Waals surface area (Å²) in [6, 6.07) is 7.40. The van der Waals surface area contributed by atoms with E-state index in [1.54, 1.807) is 28.5 Å². The van der Waals surface area contributed by atoms with Crippen molar-refractivity contribution in [2.24, 2.45) is 13.0 Å². The van der Waals surface area contributed by atoms with E-state index in [2.05, 4.69) is 35.6 Å². The SMILES string of the molecule is Cn1cc(-c2cc(O[C@@](C)([Si])C3CCOCC3)c3c(Nc4ccc5ncsc5c4F)ncnc3c2)cn1. The van der Waals surface area contributed by atoms with E-state index >= 15 is 4.39 Å². The van der Waals surface area contributed by atoms with Crippen LogP contribution in [0.15, 0.2) is 48.5 Å².